The van der Waals surface area contributed by atoms with E-state index in [1.54, 1.807) is 11.3 Å². The van der Waals surface area contributed by atoms with Crippen molar-refractivity contribution in [1.82, 2.24) is 4.98 Å². The van der Waals surface area contributed by atoms with Gasteiger partial charge in [0, 0.05) is 0 Å². The summed E-state index contributed by atoms with van der Waals surface area (Å²) in [5, 5.41) is 3.48. The summed E-state index contributed by atoms with van der Waals surface area (Å²) in [5.41, 5.74) is 0. The zero-order valence-corrected chi connectivity index (χ0v) is 10.7. The second kappa shape index (κ2) is 5.14. The topological polar surface area (TPSA) is 12.9 Å². The monoisotopic (exact) mass is 275 g/mol. The molecule has 0 aliphatic heterocycles. The fraction of sp³-hybridized carbons (Fsp3) is 0.625. The van der Waals surface area contributed by atoms with E-state index in [-0.39, 0.29) is 21.1 Å². The fourth-order valence-electron chi connectivity index (χ4n) is 0.838. The second-order valence-electron chi connectivity index (χ2n) is 2.53. The van der Waals surface area contributed by atoms with Crippen LogP contribution in [0.4, 0.5) is 0 Å². The Bertz CT molecular complexity index is 210. The molecule has 0 saturated heterocycles. The molecule has 0 bridgehead atoms. The van der Waals surface area contributed by atoms with Crippen LogP contribution in [0.1, 0.15) is 24.8 Å². The van der Waals surface area contributed by atoms with Crippen molar-refractivity contribution < 1.29 is 0 Å². The third kappa shape index (κ3) is 3.56. The SMILES string of the molecule is CCC[CH2][Sn][c]1csc(C)n1. The van der Waals surface area contributed by atoms with E-state index in [1.165, 1.54) is 26.0 Å². The molecule has 1 rings (SSSR count). The number of aromatic nitrogens is 1. The van der Waals surface area contributed by atoms with Crippen LogP contribution in [-0.2, 0) is 0 Å². The number of hydrogen-bond acceptors (Lipinski definition) is 2. The van der Waals surface area contributed by atoms with Crippen molar-refractivity contribution in [3.05, 3.63) is 10.4 Å². The molecule has 60 valence electrons. The van der Waals surface area contributed by atoms with Gasteiger partial charge in [0.25, 0.3) is 0 Å². The number of hydrogen-bond donors (Lipinski definition) is 0. The molecule has 1 aromatic rings. The van der Waals surface area contributed by atoms with Crippen LogP contribution < -0.4 is 3.71 Å². The number of rotatable bonds is 4. The van der Waals surface area contributed by atoms with Crippen molar-refractivity contribution in [2.24, 2.45) is 0 Å². The summed E-state index contributed by atoms with van der Waals surface area (Å²) in [5.74, 6) is 0. The van der Waals surface area contributed by atoms with Gasteiger partial charge in [-0.3, -0.25) is 0 Å². The molecule has 1 nitrogen and oxygen atoms in total. The maximum atomic E-state index is 4.48. The van der Waals surface area contributed by atoms with Crippen molar-refractivity contribution in [1.29, 1.82) is 0 Å². The van der Waals surface area contributed by atoms with Crippen LogP contribution in [0.5, 0.6) is 0 Å². The molecule has 3 heteroatoms. The number of thiazole rings is 1. The molecule has 0 saturated carbocycles. The zero-order chi connectivity index (χ0) is 8.10. The van der Waals surface area contributed by atoms with Crippen molar-refractivity contribution >= 4 is 36.2 Å². The van der Waals surface area contributed by atoms with Crippen molar-refractivity contribution in [2.45, 2.75) is 31.1 Å². The summed E-state index contributed by atoms with van der Waals surface area (Å²) >= 11 is 1.53. The van der Waals surface area contributed by atoms with E-state index < -0.39 is 0 Å². The van der Waals surface area contributed by atoms with Crippen LogP contribution >= 0.6 is 11.3 Å². The molecular formula is C8H13NSSn. The number of nitrogens with zero attached hydrogens (tertiary/aromatic N) is 1. The minimum absolute atomic E-state index is 0.264. The summed E-state index contributed by atoms with van der Waals surface area (Å²) in [6, 6.07) is 0. The van der Waals surface area contributed by atoms with Crippen LogP contribution in [0.3, 0.4) is 0 Å². The van der Waals surface area contributed by atoms with Crippen molar-refractivity contribution in [3.63, 3.8) is 0 Å². The molecule has 0 fully saturated rings. The van der Waals surface area contributed by atoms with E-state index in [1.807, 2.05) is 0 Å². The molecule has 0 atom stereocenters. The van der Waals surface area contributed by atoms with E-state index in [4.69, 9.17) is 0 Å². The predicted molar refractivity (Wildman–Crippen MR) is 52.0 cm³/mol. The first-order valence-corrected chi connectivity index (χ1v) is 8.31. The van der Waals surface area contributed by atoms with Gasteiger partial charge in [0.15, 0.2) is 0 Å². The van der Waals surface area contributed by atoms with Crippen LogP contribution in [0, 0.1) is 6.92 Å². The Hall–Kier alpha value is 0.429. The van der Waals surface area contributed by atoms with Gasteiger partial charge in [0.1, 0.15) is 0 Å². The van der Waals surface area contributed by atoms with Gasteiger partial charge in [-0.1, -0.05) is 0 Å². The molecule has 0 aromatic carbocycles. The third-order valence-electron chi connectivity index (χ3n) is 1.46. The van der Waals surface area contributed by atoms with Gasteiger partial charge in [0.05, 0.1) is 0 Å². The first kappa shape index (κ1) is 9.52. The molecule has 2 radical (unpaired) electrons. The summed E-state index contributed by atoms with van der Waals surface area (Å²) < 4.78 is 2.91. The number of unbranched alkanes of at least 4 members (excludes halogenated alkanes) is 1. The van der Waals surface area contributed by atoms with Gasteiger partial charge >= 0.3 is 82.7 Å². The van der Waals surface area contributed by atoms with Crippen molar-refractivity contribution in [3.8, 4) is 0 Å². The molecule has 0 spiro atoms. The quantitative estimate of drug-likeness (QED) is 0.604. The maximum absolute atomic E-state index is 4.48. The minimum atomic E-state index is -0.264. The Kier molecular flexibility index (Phi) is 4.45. The molecule has 1 heterocycles. The zero-order valence-electron chi connectivity index (χ0n) is 7.05. The molecule has 0 amide bonds. The Balaban J connectivity index is 2.27. The molecule has 0 aliphatic rings. The molecule has 0 N–H and O–H groups in total. The molecule has 0 unspecified atom stereocenters. The van der Waals surface area contributed by atoms with E-state index in [0.29, 0.717) is 0 Å². The Morgan fingerprint density at radius 1 is 1.64 bits per heavy atom. The van der Waals surface area contributed by atoms with Gasteiger partial charge in [0.2, 0.25) is 0 Å². The standard InChI is InChI=1S/C4H4NS.C4H9.Sn/c1-4-5-2-3-6-4;1-3-4-2;/h3H,1H3;1,3-4H2,2H3;. The normalized spacial score (nSPS) is 10.4. The second-order valence-corrected chi connectivity index (χ2v) is 7.49. The van der Waals surface area contributed by atoms with E-state index in [9.17, 15) is 0 Å². The summed E-state index contributed by atoms with van der Waals surface area (Å²) in [6.07, 6.45) is 2.74. The van der Waals surface area contributed by atoms with E-state index in [0.717, 1.165) is 0 Å². The van der Waals surface area contributed by atoms with Crippen LogP contribution in [0.2, 0.25) is 4.44 Å². The molecule has 11 heavy (non-hydrogen) atoms. The summed E-state index contributed by atoms with van der Waals surface area (Å²) in [4.78, 5) is 4.48. The van der Waals surface area contributed by atoms with Gasteiger partial charge < -0.3 is 0 Å². The van der Waals surface area contributed by atoms with E-state index >= 15 is 0 Å². The molecule has 1 aromatic heterocycles. The summed E-state index contributed by atoms with van der Waals surface area (Å²) in [6.45, 7) is 4.35. The third-order valence-corrected chi connectivity index (χ3v) is 6.31. The van der Waals surface area contributed by atoms with Gasteiger partial charge in [-0.05, 0) is 0 Å². The molecular weight excluding hydrogens is 261 g/mol. The number of aryl methyl sites for hydroxylation is 1. The van der Waals surface area contributed by atoms with Crippen LogP contribution in [-0.4, -0.2) is 26.1 Å². The fourth-order valence-corrected chi connectivity index (χ4v) is 5.81. The first-order valence-electron chi connectivity index (χ1n) is 3.99. The first-order chi connectivity index (χ1) is 5.33. The van der Waals surface area contributed by atoms with Crippen molar-refractivity contribution in [2.75, 3.05) is 0 Å². The Morgan fingerprint density at radius 2 is 2.45 bits per heavy atom. The van der Waals surface area contributed by atoms with Crippen LogP contribution in [0.15, 0.2) is 5.38 Å². The van der Waals surface area contributed by atoms with Gasteiger partial charge in [-0.2, -0.15) is 0 Å². The summed E-state index contributed by atoms with van der Waals surface area (Å²) in [7, 11) is 0. The van der Waals surface area contributed by atoms with Crippen LogP contribution in [0.25, 0.3) is 0 Å². The Morgan fingerprint density at radius 3 is 3.00 bits per heavy atom. The average molecular weight is 274 g/mol. The predicted octanol–water partition coefficient (Wildman–Crippen LogP) is 2.00. The van der Waals surface area contributed by atoms with Gasteiger partial charge in [-0.15, -0.1) is 0 Å². The molecule has 0 aliphatic carbocycles. The van der Waals surface area contributed by atoms with Gasteiger partial charge in [-0.25, -0.2) is 0 Å². The average Bonchev–Trinajstić information content (AvgIpc) is 2.37. The Labute approximate surface area is 82.5 Å². The van der Waals surface area contributed by atoms with E-state index in [2.05, 4.69) is 24.2 Å².